The third kappa shape index (κ3) is 5.81. The summed E-state index contributed by atoms with van der Waals surface area (Å²) in [6, 6.07) is 10.1. The molecule has 2 heterocycles. The zero-order chi connectivity index (χ0) is 11.1. The zero-order valence-electron chi connectivity index (χ0n) is 8.85. The molecule has 0 amide bonds. The molecule has 0 unspecified atom stereocenters. The Labute approximate surface area is 113 Å². The largest absolute Gasteiger partial charge is 0.340 e. The number of carbonyl (C=O) groups is 1. The number of carbonyl (C=O) groups excluding carboxylic acids is 1. The fourth-order valence-corrected chi connectivity index (χ4v) is 1.64. The van der Waals surface area contributed by atoms with Crippen molar-refractivity contribution in [1.29, 1.82) is 0 Å². The molecule has 2 nitrogen and oxygen atoms in total. The molecule has 0 saturated heterocycles. The first-order valence-electron chi connectivity index (χ1n) is 4.47. The first-order chi connectivity index (χ1) is 7.20. The maximum Gasteiger partial charge on any atom is 0.0801 e. The summed E-state index contributed by atoms with van der Waals surface area (Å²) in [5, 5.41) is 2.06. The summed E-state index contributed by atoms with van der Waals surface area (Å²) in [5.41, 5.74) is 1.06. The molecular weight excluding hydrogens is 398 g/mol. The van der Waals surface area contributed by atoms with Crippen LogP contribution in [0, 0.1) is 6.92 Å². The molecule has 2 aromatic rings. The standard InChI is InChI=1S/C9H7NS.C3H5O.Ir/c1-2-6-10-8(4-1)9-5-3-7-11-9;1-3(2)4;/h1-7H;1H2,2H3;/q;-1;. The normalized spacial score (nSPS) is 8.31. The Morgan fingerprint density at radius 3 is 2.44 bits per heavy atom. The van der Waals surface area contributed by atoms with Crippen LogP contribution in [0.4, 0.5) is 0 Å². The van der Waals surface area contributed by atoms with Crippen molar-refractivity contribution in [2.45, 2.75) is 6.92 Å². The molecular formula is C12H12IrNOS-. The van der Waals surface area contributed by atoms with Crippen LogP contribution in [0.5, 0.6) is 0 Å². The summed E-state index contributed by atoms with van der Waals surface area (Å²) in [6.07, 6.45) is 1.81. The predicted molar refractivity (Wildman–Crippen MR) is 63.6 cm³/mol. The summed E-state index contributed by atoms with van der Waals surface area (Å²) < 4.78 is 0. The number of thiophene rings is 1. The van der Waals surface area contributed by atoms with Crippen LogP contribution in [0.15, 0.2) is 41.9 Å². The van der Waals surface area contributed by atoms with Gasteiger partial charge in [0.15, 0.2) is 0 Å². The van der Waals surface area contributed by atoms with E-state index in [0.29, 0.717) is 0 Å². The summed E-state index contributed by atoms with van der Waals surface area (Å²) >= 11 is 1.71. The van der Waals surface area contributed by atoms with Gasteiger partial charge < -0.3 is 11.7 Å². The second-order valence-corrected chi connectivity index (χ2v) is 3.84. The number of Topliss-reactive ketones (excluding diaryl/α,β-unsaturated/α-hetero) is 1. The van der Waals surface area contributed by atoms with Crippen molar-refractivity contribution in [3.63, 3.8) is 0 Å². The number of aromatic nitrogens is 1. The quantitative estimate of drug-likeness (QED) is 0.676. The van der Waals surface area contributed by atoms with Gasteiger partial charge in [0.1, 0.15) is 0 Å². The molecule has 0 atom stereocenters. The number of hydrogen-bond acceptors (Lipinski definition) is 3. The van der Waals surface area contributed by atoms with Gasteiger partial charge in [-0.05, 0) is 36.3 Å². The average molecular weight is 411 g/mol. The van der Waals surface area contributed by atoms with E-state index in [4.69, 9.17) is 0 Å². The van der Waals surface area contributed by atoms with Crippen molar-refractivity contribution < 1.29 is 24.9 Å². The van der Waals surface area contributed by atoms with E-state index in [0.717, 1.165) is 5.69 Å². The molecule has 87 valence electrons. The van der Waals surface area contributed by atoms with Crippen LogP contribution < -0.4 is 0 Å². The molecule has 0 aliphatic carbocycles. The smallest absolute Gasteiger partial charge is 0.0801 e. The second-order valence-electron chi connectivity index (χ2n) is 2.89. The van der Waals surface area contributed by atoms with Gasteiger partial charge in [-0.15, -0.1) is 11.3 Å². The van der Waals surface area contributed by atoms with Crippen LogP contribution in [0.2, 0.25) is 0 Å². The molecule has 16 heavy (non-hydrogen) atoms. The van der Waals surface area contributed by atoms with Gasteiger partial charge in [-0.2, -0.15) is 0 Å². The maximum atomic E-state index is 9.33. The number of rotatable bonds is 1. The SMILES string of the molecule is [CH2-]C(C)=O.[Ir].c1ccc(-c2cccs2)nc1. The summed E-state index contributed by atoms with van der Waals surface area (Å²) in [7, 11) is 0. The molecule has 0 spiro atoms. The Bertz CT molecular complexity index is 396. The first-order valence-corrected chi connectivity index (χ1v) is 5.35. The van der Waals surface area contributed by atoms with Crippen molar-refractivity contribution in [2.24, 2.45) is 0 Å². The fourth-order valence-electron chi connectivity index (χ4n) is 0.933. The minimum Gasteiger partial charge on any atom is -0.340 e. The van der Waals surface area contributed by atoms with Crippen molar-refractivity contribution in [3.05, 3.63) is 48.8 Å². The van der Waals surface area contributed by atoms with Crippen LogP contribution in [0.3, 0.4) is 0 Å². The average Bonchev–Trinajstić information content (AvgIpc) is 2.71. The summed E-state index contributed by atoms with van der Waals surface area (Å²) in [4.78, 5) is 14.8. The Hall–Kier alpha value is -0.961. The van der Waals surface area contributed by atoms with Gasteiger partial charge in [-0.1, -0.05) is 12.1 Å². The topological polar surface area (TPSA) is 30.0 Å². The first kappa shape index (κ1) is 15.0. The second kappa shape index (κ2) is 8.22. The van der Waals surface area contributed by atoms with Gasteiger partial charge in [0.25, 0.3) is 0 Å². The van der Waals surface area contributed by atoms with Crippen LogP contribution in [-0.4, -0.2) is 10.8 Å². The van der Waals surface area contributed by atoms with E-state index in [9.17, 15) is 4.79 Å². The van der Waals surface area contributed by atoms with E-state index in [1.54, 1.807) is 11.3 Å². The van der Waals surface area contributed by atoms with Crippen LogP contribution in [-0.2, 0) is 24.9 Å². The number of nitrogens with zero attached hydrogens (tertiary/aromatic N) is 1. The summed E-state index contributed by atoms with van der Waals surface area (Å²) in [5.74, 6) is -0.0833. The van der Waals surface area contributed by atoms with Gasteiger partial charge in [-0.3, -0.25) is 4.98 Å². The molecule has 0 saturated carbocycles. The Morgan fingerprint density at radius 2 is 2.00 bits per heavy atom. The molecule has 1 radical (unpaired) electrons. The van der Waals surface area contributed by atoms with E-state index >= 15 is 0 Å². The van der Waals surface area contributed by atoms with Crippen LogP contribution >= 0.6 is 11.3 Å². The molecule has 4 heteroatoms. The molecule has 0 bridgehead atoms. The number of ketones is 1. The monoisotopic (exact) mass is 411 g/mol. The molecule has 0 aliphatic rings. The number of pyridine rings is 1. The molecule has 0 N–H and O–H groups in total. The molecule has 2 rings (SSSR count). The maximum absolute atomic E-state index is 9.33. The van der Waals surface area contributed by atoms with E-state index in [1.807, 2.05) is 30.5 Å². The predicted octanol–water partition coefficient (Wildman–Crippen LogP) is 3.22. The molecule has 0 aromatic carbocycles. The summed E-state index contributed by atoms with van der Waals surface area (Å²) in [6.45, 7) is 4.42. The van der Waals surface area contributed by atoms with Gasteiger partial charge in [0.2, 0.25) is 0 Å². The van der Waals surface area contributed by atoms with Crippen molar-refractivity contribution in [3.8, 4) is 10.6 Å². The van der Waals surface area contributed by atoms with E-state index < -0.39 is 0 Å². The van der Waals surface area contributed by atoms with Crippen molar-refractivity contribution >= 4 is 17.1 Å². The van der Waals surface area contributed by atoms with Crippen LogP contribution in [0.25, 0.3) is 10.6 Å². The van der Waals surface area contributed by atoms with Crippen LogP contribution in [0.1, 0.15) is 6.92 Å². The third-order valence-electron chi connectivity index (χ3n) is 1.44. The minimum atomic E-state index is -0.0833. The van der Waals surface area contributed by atoms with Gasteiger partial charge in [0, 0.05) is 26.3 Å². The van der Waals surface area contributed by atoms with E-state index in [1.165, 1.54) is 11.8 Å². The van der Waals surface area contributed by atoms with E-state index in [2.05, 4.69) is 23.4 Å². The molecule has 2 aromatic heterocycles. The Balaban J connectivity index is 0.000000397. The number of hydrogen-bond donors (Lipinski definition) is 0. The third-order valence-corrected chi connectivity index (χ3v) is 2.33. The Kier molecular flexibility index (Phi) is 7.73. The van der Waals surface area contributed by atoms with Crippen molar-refractivity contribution in [2.75, 3.05) is 0 Å². The molecule has 0 aliphatic heterocycles. The van der Waals surface area contributed by atoms with Gasteiger partial charge >= 0.3 is 0 Å². The molecule has 0 fully saturated rings. The fraction of sp³-hybridized carbons (Fsp3) is 0.0833. The Morgan fingerprint density at radius 1 is 1.31 bits per heavy atom. The van der Waals surface area contributed by atoms with E-state index in [-0.39, 0.29) is 25.9 Å². The van der Waals surface area contributed by atoms with Gasteiger partial charge in [0.05, 0.1) is 10.6 Å². The minimum absolute atomic E-state index is 0. The van der Waals surface area contributed by atoms with Gasteiger partial charge in [-0.25, -0.2) is 0 Å². The zero-order valence-corrected chi connectivity index (χ0v) is 12.1. The van der Waals surface area contributed by atoms with Crippen molar-refractivity contribution in [1.82, 2.24) is 4.98 Å².